The van der Waals surface area contributed by atoms with Crippen LogP contribution in [-0.2, 0) is 12.5 Å². The topological polar surface area (TPSA) is 18.5 Å². The Morgan fingerprint density at radius 1 is 0.676 bits per heavy atom. The fraction of sp³-hybridized carbons (Fsp3) is 0.172. The van der Waals surface area contributed by atoms with Crippen LogP contribution in [0.3, 0.4) is 0 Å². The van der Waals surface area contributed by atoms with Crippen LogP contribution in [0.15, 0.2) is 78.9 Å². The van der Waals surface area contributed by atoms with Crippen LogP contribution in [0, 0.1) is 17.5 Å². The van der Waals surface area contributed by atoms with Gasteiger partial charge in [-0.25, -0.2) is 17.6 Å². The van der Waals surface area contributed by atoms with Crippen molar-refractivity contribution in [2.24, 2.45) is 0 Å². The summed E-state index contributed by atoms with van der Waals surface area (Å²) in [5, 5.41) is 0. The van der Waals surface area contributed by atoms with Gasteiger partial charge in [0.1, 0.15) is 11.6 Å². The third kappa shape index (κ3) is 5.90. The van der Waals surface area contributed by atoms with Gasteiger partial charge in [-0.1, -0.05) is 67.9 Å². The average Bonchev–Trinajstić information content (AvgIpc) is 2.86. The summed E-state index contributed by atoms with van der Waals surface area (Å²) < 4.78 is 92.5. The van der Waals surface area contributed by atoms with Crippen molar-refractivity contribution >= 4 is 0 Å². The maximum atomic E-state index is 14.7. The highest BCUT2D eigenvalue weighted by molar-refractivity contribution is 5.70. The smallest absolute Gasteiger partial charge is 0.429 e. The van der Waals surface area contributed by atoms with Crippen molar-refractivity contribution < 1.29 is 35.8 Å². The minimum atomic E-state index is -4.25. The van der Waals surface area contributed by atoms with Gasteiger partial charge in [0.05, 0.1) is 5.56 Å². The number of halogens is 6. The molecule has 0 aliphatic rings. The molecule has 0 fully saturated rings. The molecule has 0 atom stereocenters. The Hall–Kier alpha value is -3.94. The highest BCUT2D eigenvalue weighted by Gasteiger charge is 2.38. The van der Waals surface area contributed by atoms with Crippen LogP contribution in [0.25, 0.3) is 22.3 Å². The van der Waals surface area contributed by atoms with Crippen LogP contribution in [0.5, 0.6) is 11.5 Å². The molecule has 0 bridgehead atoms. The van der Waals surface area contributed by atoms with Gasteiger partial charge in [-0.3, -0.25) is 0 Å². The zero-order valence-electron chi connectivity index (χ0n) is 19.7. The first-order valence-corrected chi connectivity index (χ1v) is 11.5. The number of rotatable bonds is 9. The van der Waals surface area contributed by atoms with Crippen LogP contribution >= 0.6 is 0 Å². The van der Waals surface area contributed by atoms with E-state index < -0.39 is 47.5 Å². The van der Waals surface area contributed by atoms with E-state index in [9.17, 15) is 26.3 Å². The molecule has 0 N–H and O–H groups in total. The second-order valence-electron chi connectivity index (χ2n) is 8.31. The summed E-state index contributed by atoms with van der Waals surface area (Å²) >= 11 is 0. The first-order valence-electron chi connectivity index (χ1n) is 11.5. The molecule has 0 unspecified atom stereocenters. The maximum Gasteiger partial charge on any atom is 0.429 e. The molecule has 37 heavy (non-hydrogen) atoms. The predicted octanol–water partition coefficient (Wildman–Crippen LogP) is 8.82. The van der Waals surface area contributed by atoms with Crippen LogP contribution in [-0.4, -0.2) is 6.86 Å². The Labute approximate surface area is 210 Å². The molecular formula is C29H22F6O2. The molecule has 0 heterocycles. The van der Waals surface area contributed by atoms with Crippen LogP contribution < -0.4 is 9.47 Å². The Morgan fingerprint density at radius 3 is 1.70 bits per heavy atom. The van der Waals surface area contributed by atoms with Gasteiger partial charge in [-0.05, 0) is 46.4 Å². The van der Waals surface area contributed by atoms with E-state index in [1.54, 1.807) is 12.1 Å². The quantitative estimate of drug-likeness (QED) is 0.207. The molecule has 0 amide bonds. The summed E-state index contributed by atoms with van der Waals surface area (Å²) in [4.78, 5) is 0. The lowest BCUT2D eigenvalue weighted by atomic mass is 9.98. The Morgan fingerprint density at radius 2 is 1.19 bits per heavy atom. The lowest BCUT2D eigenvalue weighted by Gasteiger charge is -2.20. The molecule has 0 aliphatic carbocycles. The molecule has 0 aliphatic heterocycles. The zero-order valence-corrected chi connectivity index (χ0v) is 19.7. The van der Waals surface area contributed by atoms with E-state index in [0.29, 0.717) is 23.3 Å². The highest BCUT2D eigenvalue weighted by Crippen LogP contribution is 2.37. The normalized spacial score (nSPS) is 11.4. The van der Waals surface area contributed by atoms with Crippen molar-refractivity contribution in [1.82, 2.24) is 0 Å². The molecule has 0 aromatic heterocycles. The third-order valence-corrected chi connectivity index (χ3v) is 5.74. The largest absolute Gasteiger partial charge is 0.457 e. The molecule has 0 spiro atoms. The Bertz CT molecular complexity index is 1350. The molecular weight excluding hydrogens is 494 g/mol. The fourth-order valence-electron chi connectivity index (χ4n) is 3.93. The molecule has 4 rings (SSSR count). The summed E-state index contributed by atoms with van der Waals surface area (Å²) in [6.45, 7) is 0.598. The van der Waals surface area contributed by atoms with Crippen molar-refractivity contribution in [1.29, 1.82) is 0 Å². The lowest BCUT2D eigenvalue weighted by molar-refractivity contribution is -0.187. The van der Waals surface area contributed by atoms with E-state index in [4.69, 9.17) is 0 Å². The van der Waals surface area contributed by atoms with Crippen LogP contribution in [0.4, 0.5) is 26.3 Å². The molecule has 0 saturated carbocycles. The van der Waals surface area contributed by atoms with Crippen LogP contribution in [0.2, 0.25) is 0 Å². The standard InChI is InChI=1S/C29H22F6O2/c1-2-3-18-4-6-19(7-5-18)20-8-10-21(11-9-20)22-12-13-24(25(31)14-22)29(34,35)37-23-15-26(32)28(36-17-30)27(33)16-23/h4-16H,2-3,17H2,1H3. The first-order chi connectivity index (χ1) is 17.7. The van der Waals surface area contributed by atoms with Gasteiger partial charge >= 0.3 is 6.11 Å². The van der Waals surface area contributed by atoms with E-state index in [0.717, 1.165) is 36.1 Å². The van der Waals surface area contributed by atoms with Gasteiger partial charge in [-0.2, -0.15) is 8.78 Å². The van der Waals surface area contributed by atoms with E-state index >= 15 is 0 Å². The number of aryl methyl sites for hydroxylation is 1. The van der Waals surface area contributed by atoms with E-state index in [1.807, 2.05) is 24.3 Å². The highest BCUT2D eigenvalue weighted by atomic mass is 19.3. The summed E-state index contributed by atoms with van der Waals surface area (Å²) in [5.74, 6) is -6.16. The van der Waals surface area contributed by atoms with Crippen molar-refractivity contribution in [3.63, 3.8) is 0 Å². The molecule has 8 heteroatoms. The number of hydrogen-bond donors (Lipinski definition) is 0. The van der Waals surface area contributed by atoms with Gasteiger partial charge in [0.25, 0.3) is 0 Å². The van der Waals surface area contributed by atoms with Crippen molar-refractivity contribution in [3.8, 4) is 33.8 Å². The lowest BCUT2D eigenvalue weighted by Crippen LogP contribution is -2.23. The van der Waals surface area contributed by atoms with Crippen molar-refractivity contribution in [2.45, 2.75) is 25.9 Å². The second kappa shape index (κ2) is 11.0. The first kappa shape index (κ1) is 26.1. The number of hydrogen-bond acceptors (Lipinski definition) is 2. The molecule has 2 nitrogen and oxygen atoms in total. The predicted molar refractivity (Wildman–Crippen MR) is 129 cm³/mol. The number of ether oxygens (including phenoxy) is 2. The molecule has 4 aromatic carbocycles. The molecule has 0 radical (unpaired) electrons. The van der Waals surface area contributed by atoms with E-state index in [-0.39, 0.29) is 0 Å². The minimum Gasteiger partial charge on any atom is -0.457 e. The van der Waals surface area contributed by atoms with E-state index in [2.05, 4.69) is 28.5 Å². The van der Waals surface area contributed by atoms with Gasteiger partial charge in [0.2, 0.25) is 6.86 Å². The van der Waals surface area contributed by atoms with E-state index in [1.165, 1.54) is 11.6 Å². The molecule has 4 aromatic rings. The van der Waals surface area contributed by atoms with Gasteiger partial charge < -0.3 is 9.47 Å². The van der Waals surface area contributed by atoms with Gasteiger partial charge in [0.15, 0.2) is 17.4 Å². The van der Waals surface area contributed by atoms with Gasteiger partial charge in [0, 0.05) is 12.1 Å². The SMILES string of the molecule is CCCc1ccc(-c2ccc(-c3ccc(C(F)(F)Oc4cc(F)c(OCF)c(F)c4)c(F)c3)cc2)cc1. The second-order valence-corrected chi connectivity index (χ2v) is 8.31. The molecule has 192 valence electrons. The minimum absolute atomic E-state index is 0.353. The van der Waals surface area contributed by atoms with Crippen LogP contribution in [0.1, 0.15) is 24.5 Å². The average molecular weight is 516 g/mol. The number of alkyl halides is 3. The summed E-state index contributed by atoms with van der Waals surface area (Å²) in [5.41, 5.74) is 3.05. The van der Waals surface area contributed by atoms with Gasteiger partial charge in [-0.15, -0.1) is 0 Å². The third-order valence-electron chi connectivity index (χ3n) is 5.74. The summed E-state index contributed by atoms with van der Waals surface area (Å²) in [6, 6.07) is 19.3. The van der Waals surface area contributed by atoms with Crippen molar-refractivity contribution in [2.75, 3.05) is 6.86 Å². The summed E-state index contributed by atoms with van der Waals surface area (Å²) in [6.07, 6.45) is -2.19. The maximum absolute atomic E-state index is 14.7. The Balaban J connectivity index is 1.53. The molecule has 0 saturated heterocycles. The van der Waals surface area contributed by atoms with Crippen molar-refractivity contribution in [3.05, 3.63) is 107 Å². The summed E-state index contributed by atoms with van der Waals surface area (Å²) in [7, 11) is 0. The fourth-order valence-corrected chi connectivity index (χ4v) is 3.93. The zero-order chi connectivity index (χ0) is 26.6. The number of benzene rings is 4. The Kier molecular flexibility index (Phi) is 7.76. The monoisotopic (exact) mass is 516 g/mol.